The molecule has 1 fully saturated rings. The Kier molecular flexibility index (Phi) is 4.95. The summed E-state index contributed by atoms with van der Waals surface area (Å²) in [4.78, 5) is 2.20. The van der Waals surface area contributed by atoms with Crippen LogP contribution in [0.15, 0.2) is 0 Å². The first-order valence-electron chi connectivity index (χ1n) is 6.19. The number of nitrogens with two attached hydrogens (primary N) is 1. The van der Waals surface area contributed by atoms with Crippen LogP contribution in [0.25, 0.3) is 0 Å². The Hall–Kier alpha value is -0.170. The number of nitrogens with one attached hydrogen (secondary N) is 1. The summed E-state index contributed by atoms with van der Waals surface area (Å²) in [6.07, 6.45) is 1.58. The highest BCUT2D eigenvalue weighted by Gasteiger charge is 2.36. The van der Waals surface area contributed by atoms with Crippen LogP contribution in [0.4, 0.5) is 0 Å². The zero-order chi connectivity index (χ0) is 13.1. The van der Waals surface area contributed by atoms with Crippen LogP contribution in [-0.4, -0.2) is 51.3 Å². The van der Waals surface area contributed by atoms with Crippen LogP contribution in [0.5, 0.6) is 0 Å². The van der Waals surface area contributed by atoms with Gasteiger partial charge in [-0.1, -0.05) is 13.8 Å². The molecule has 0 aromatic heterocycles. The number of hydrogen-bond donors (Lipinski definition) is 2. The molecule has 6 heteroatoms. The van der Waals surface area contributed by atoms with Gasteiger partial charge in [-0.2, -0.15) is 0 Å². The van der Waals surface area contributed by atoms with Crippen molar-refractivity contribution in [3.05, 3.63) is 0 Å². The van der Waals surface area contributed by atoms with Crippen molar-refractivity contribution in [3.8, 4) is 0 Å². The Labute approximate surface area is 105 Å². The average Bonchev–Trinajstić information content (AvgIpc) is 2.19. The van der Waals surface area contributed by atoms with Crippen LogP contribution < -0.4 is 10.5 Å². The van der Waals surface area contributed by atoms with Gasteiger partial charge < -0.3 is 10.6 Å². The minimum Gasteiger partial charge on any atom is -0.329 e. The van der Waals surface area contributed by atoms with Crippen molar-refractivity contribution < 1.29 is 8.42 Å². The van der Waals surface area contributed by atoms with Gasteiger partial charge in [0.05, 0.1) is 5.75 Å². The highest BCUT2D eigenvalue weighted by molar-refractivity contribution is 7.89. The molecule has 1 aliphatic heterocycles. The zero-order valence-corrected chi connectivity index (χ0v) is 11.9. The van der Waals surface area contributed by atoms with E-state index in [1.54, 1.807) is 0 Å². The van der Waals surface area contributed by atoms with Crippen LogP contribution >= 0.6 is 0 Å². The van der Waals surface area contributed by atoms with E-state index in [2.05, 4.69) is 9.62 Å². The van der Waals surface area contributed by atoms with Gasteiger partial charge in [-0.25, -0.2) is 13.1 Å². The van der Waals surface area contributed by atoms with E-state index in [0.29, 0.717) is 6.54 Å². The molecule has 0 bridgehead atoms. The van der Waals surface area contributed by atoms with Gasteiger partial charge in [0.2, 0.25) is 10.0 Å². The van der Waals surface area contributed by atoms with Crippen LogP contribution in [0.2, 0.25) is 0 Å². The SMILES string of the molecule is CC(C)CS(=O)(=O)NC1(CN)CCN(C)CC1. The molecule has 1 saturated heterocycles. The van der Waals surface area contributed by atoms with Crippen LogP contribution in [0.1, 0.15) is 26.7 Å². The Morgan fingerprint density at radius 3 is 2.29 bits per heavy atom. The van der Waals surface area contributed by atoms with E-state index in [-0.39, 0.29) is 11.7 Å². The maximum Gasteiger partial charge on any atom is 0.212 e. The fraction of sp³-hybridized carbons (Fsp3) is 1.00. The average molecular weight is 263 g/mol. The van der Waals surface area contributed by atoms with E-state index in [9.17, 15) is 8.42 Å². The molecular formula is C11H25N3O2S. The number of piperidine rings is 1. The molecule has 0 radical (unpaired) electrons. The first-order chi connectivity index (χ1) is 7.79. The predicted octanol–water partition coefficient (Wildman–Crippen LogP) is -0.0151. The van der Waals surface area contributed by atoms with E-state index < -0.39 is 15.6 Å². The molecule has 17 heavy (non-hydrogen) atoms. The number of nitrogens with zero attached hydrogens (tertiary/aromatic N) is 1. The van der Waals surface area contributed by atoms with Gasteiger partial charge >= 0.3 is 0 Å². The van der Waals surface area contributed by atoms with Gasteiger partial charge in [0.25, 0.3) is 0 Å². The van der Waals surface area contributed by atoms with Crippen LogP contribution in [0, 0.1) is 5.92 Å². The molecule has 1 heterocycles. The summed E-state index contributed by atoms with van der Waals surface area (Å²) in [5.74, 6) is 0.304. The second-order valence-corrected chi connectivity index (χ2v) is 7.33. The summed E-state index contributed by atoms with van der Waals surface area (Å²) in [6, 6.07) is 0. The van der Waals surface area contributed by atoms with E-state index >= 15 is 0 Å². The Bertz CT molecular complexity index is 333. The molecule has 0 aromatic carbocycles. The second-order valence-electron chi connectivity index (χ2n) is 5.57. The lowest BCUT2D eigenvalue weighted by Gasteiger charge is -2.40. The molecule has 102 valence electrons. The van der Waals surface area contributed by atoms with Crippen LogP contribution in [0.3, 0.4) is 0 Å². The summed E-state index contributed by atoms with van der Waals surface area (Å²) in [6.45, 7) is 5.97. The van der Waals surface area contributed by atoms with Gasteiger partial charge in [-0.05, 0) is 38.9 Å². The third kappa shape index (κ3) is 4.54. The lowest BCUT2D eigenvalue weighted by atomic mass is 9.89. The standard InChI is InChI=1S/C11H25N3O2S/c1-10(2)8-17(15,16)13-11(9-12)4-6-14(3)7-5-11/h10,13H,4-9,12H2,1-3H3. The van der Waals surface area contributed by atoms with Crippen molar-refractivity contribution in [2.75, 3.05) is 32.4 Å². The third-order valence-electron chi connectivity index (χ3n) is 3.26. The van der Waals surface area contributed by atoms with Crippen molar-refractivity contribution in [1.29, 1.82) is 0 Å². The van der Waals surface area contributed by atoms with E-state index in [1.807, 2.05) is 20.9 Å². The summed E-state index contributed by atoms with van der Waals surface area (Å²) < 4.78 is 26.8. The fourth-order valence-electron chi connectivity index (χ4n) is 2.20. The molecule has 0 spiro atoms. The fourth-order valence-corrected chi connectivity index (χ4v) is 4.11. The van der Waals surface area contributed by atoms with Gasteiger partial charge in [0, 0.05) is 12.1 Å². The summed E-state index contributed by atoms with van der Waals surface area (Å²) in [5, 5.41) is 0. The van der Waals surface area contributed by atoms with Gasteiger partial charge in [0.15, 0.2) is 0 Å². The minimum absolute atomic E-state index is 0.133. The molecule has 0 amide bonds. The lowest BCUT2D eigenvalue weighted by Crippen LogP contribution is -2.59. The lowest BCUT2D eigenvalue weighted by molar-refractivity contribution is 0.182. The van der Waals surface area contributed by atoms with Crippen molar-refractivity contribution in [1.82, 2.24) is 9.62 Å². The molecule has 0 aliphatic carbocycles. The molecule has 0 atom stereocenters. The molecule has 0 unspecified atom stereocenters. The summed E-state index contributed by atoms with van der Waals surface area (Å²) in [5.41, 5.74) is 5.35. The van der Waals surface area contributed by atoms with Gasteiger partial charge in [-0.3, -0.25) is 0 Å². The molecule has 1 rings (SSSR count). The topological polar surface area (TPSA) is 75.4 Å². The maximum atomic E-state index is 12.0. The van der Waals surface area contributed by atoms with Crippen molar-refractivity contribution in [2.45, 2.75) is 32.2 Å². The molecular weight excluding hydrogens is 238 g/mol. The zero-order valence-electron chi connectivity index (χ0n) is 11.1. The molecule has 1 aliphatic rings. The monoisotopic (exact) mass is 263 g/mol. The smallest absolute Gasteiger partial charge is 0.212 e. The van der Waals surface area contributed by atoms with E-state index in [1.165, 1.54) is 0 Å². The normalized spacial score (nSPS) is 21.9. The Balaban J connectivity index is 2.69. The second kappa shape index (κ2) is 5.65. The Morgan fingerprint density at radius 2 is 1.88 bits per heavy atom. The summed E-state index contributed by atoms with van der Waals surface area (Å²) >= 11 is 0. The number of sulfonamides is 1. The largest absolute Gasteiger partial charge is 0.329 e. The van der Waals surface area contributed by atoms with Gasteiger partial charge in [0.1, 0.15) is 0 Å². The minimum atomic E-state index is -3.22. The number of hydrogen-bond acceptors (Lipinski definition) is 4. The maximum absolute atomic E-state index is 12.0. The number of rotatable bonds is 5. The molecule has 3 N–H and O–H groups in total. The first-order valence-corrected chi connectivity index (χ1v) is 7.84. The summed E-state index contributed by atoms with van der Waals surface area (Å²) in [7, 11) is -1.17. The molecule has 5 nitrogen and oxygen atoms in total. The molecule has 0 saturated carbocycles. The van der Waals surface area contributed by atoms with Crippen molar-refractivity contribution >= 4 is 10.0 Å². The molecule has 0 aromatic rings. The highest BCUT2D eigenvalue weighted by atomic mass is 32.2. The number of likely N-dealkylation sites (tertiary alicyclic amines) is 1. The third-order valence-corrected chi connectivity index (χ3v) is 5.11. The van der Waals surface area contributed by atoms with Crippen molar-refractivity contribution in [3.63, 3.8) is 0 Å². The predicted molar refractivity (Wildman–Crippen MR) is 70.3 cm³/mol. The Morgan fingerprint density at radius 1 is 1.35 bits per heavy atom. The van der Waals surface area contributed by atoms with Gasteiger partial charge in [-0.15, -0.1) is 0 Å². The van der Waals surface area contributed by atoms with E-state index in [4.69, 9.17) is 5.73 Å². The van der Waals surface area contributed by atoms with Crippen molar-refractivity contribution in [2.24, 2.45) is 11.7 Å². The quantitative estimate of drug-likeness (QED) is 0.731. The van der Waals surface area contributed by atoms with E-state index in [0.717, 1.165) is 25.9 Å². The first kappa shape index (κ1) is 14.9. The highest BCUT2D eigenvalue weighted by Crippen LogP contribution is 2.21. The van der Waals surface area contributed by atoms with Crippen LogP contribution in [-0.2, 0) is 10.0 Å².